The van der Waals surface area contributed by atoms with Gasteiger partial charge < -0.3 is 31.3 Å². The maximum atomic E-state index is 13.0. The molecule has 3 aliphatic rings. The van der Waals surface area contributed by atoms with Crippen LogP contribution < -0.4 is 21.7 Å². The maximum Gasteiger partial charge on any atom is 0.416 e. The number of carbonyl (C=O) groups is 1. The van der Waals surface area contributed by atoms with E-state index >= 15 is 0 Å². The van der Waals surface area contributed by atoms with Crippen molar-refractivity contribution < 1.29 is 22.7 Å². The Morgan fingerprint density at radius 2 is 1.98 bits per heavy atom. The predicted octanol–water partition coefficient (Wildman–Crippen LogP) is 3.79. The van der Waals surface area contributed by atoms with E-state index in [1.54, 1.807) is 36.7 Å². The summed E-state index contributed by atoms with van der Waals surface area (Å²) in [6.07, 6.45) is 1.99. The number of benzene rings is 1. The van der Waals surface area contributed by atoms with Gasteiger partial charge in [0.25, 0.3) is 5.91 Å². The number of aromatic nitrogens is 1. The minimum Gasteiger partial charge on any atom is -0.382 e. The van der Waals surface area contributed by atoms with E-state index in [9.17, 15) is 18.0 Å². The van der Waals surface area contributed by atoms with Crippen LogP contribution in [-0.4, -0.2) is 61.0 Å². The highest BCUT2D eigenvalue weighted by Gasteiger charge is 2.36. The first-order valence-corrected chi connectivity index (χ1v) is 13.6. The molecule has 218 valence electrons. The Labute approximate surface area is 236 Å². The number of piperidine rings is 1. The minimum atomic E-state index is -4.53. The number of ether oxygens (including phenoxy) is 1. The largest absolute Gasteiger partial charge is 0.416 e. The second-order valence-electron chi connectivity index (χ2n) is 11.1. The van der Waals surface area contributed by atoms with Crippen LogP contribution in [0.2, 0.25) is 0 Å². The van der Waals surface area contributed by atoms with Crippen molar-refractivity contribution in [2.75, 3.05) is 44.7 Å². The standard InChI is InChI=1S/C29H34F3N7O2/c1-28(17-41-18-28)16-39-12-2-3-19(15-39)14-37-24(25-26(33)36-11-10-35-25)20-4-6-21(7-5-20)27(40)38-23-13-22(8-9-34-23)29(30,31)32/h4-11,13,19,35,37H,2-3,12,14-18H2,1H3,(H2,33,36)(H,34,38,40)/b25-24-/t19-/m0/s1. The van der Waals surface area contributed by atoms with Crippen LogP contribution in [-0.2, 0) is 10.9 Å². The number of alkyl halides is 3. The average molecular weight is 570 g/mol. The number of amidine groups is 1. The number of halogens is 3. The Kier molecular flexibility index (Phi) is 8.32. The quantitative estimate of drug-likeness (QED) is 0.382. The van der Waals surface area contributed by atoms with Crippen molar-refractivity contribution in [2.24, 2.45) is 22.1 Å². The first-order chi connectivity index (χ1) is 19.6. The highest BCUT2D eigenvalue weighted by Crippen LogP contribution is 2.31. The Morgan fingerprint density at radius 3 is 2.66 bits per heavy atom. The number of nitrogens with zero attached hydrogens (tertiary/aromatic N) is 3. The summed E-state index contributed by atoms with van der Waals surface area (Å²) in [6.45, 7) is 7.73. The van der Waals surface area contributed by atoms with Crippen LogP contribution in [0, 0.1) is 11.3 Å². The van der Waals surface area contributed by atoms with Crippen LogP contribution in [0.1, 0.15) is 41.3 Å². The van der Waals surface area contributed by atoms with Crippen LogP contribution in [0.4, 0.5) is 19.0 Å². The molecule has 5 rings (SSSR count). The van der Waals surface area contributed by atoms with E-state index in [4.69, 9.17) is 10.5 Å². The lowest BCUT2D eigenvalue weighted by molar-refractivity contribution is -0.137. The summed E-state index contributed by atoms with van der Waals surface area (Å²) in [5.74, 6) is 0.0148. The average Bonchev–Trinajstić information content (AvgIpc) is 2.93. The molecule has 0 radical (unpaired) electrons. The fraction of sp³-hybridized carbons (Fsp3) is 0.414. The topological polar surface area (TPSA) is 117 Å². The van der Waals surface area contributed by atoms with Gasteiger partial charge in [0.2, 0.25) is 0 Å². The number of amides is 1. The molecule has 3 aliphatic heterocycles. The van der Waals surface area contributed by atoms with Gasteiger partial charge in [-0.05, 0) is 55.1 Å². The number of aliphatic imine (C=N–C) groups is 1. The molecule has 4 heterocycles. The summed E-state index contributed by atoms with van der Waals surface area (Å²) >= 11 is 0. The summed E-state index contributed by atoms with van der Waals surface area (Å²) in [6, 6.07) is 8.40. The number of nitrogens with two attached hydrogens (primary N) is 1. The van der Waals surface area contributed by atoms with Gasteiger partial charge in [0.05, 0.1) is 24.5 Å². The molecule has 0 bridgehead atoms. The van der Waals surface area contributed by atoms with E-state index in [1.807, 2.05) is 0 Å². The van der Waals surface area contributed by atoms with Crippen LogP contribution in [0.25, 0.3) is 5.70 Å². The van der Waals surface area contributed by atoms with E-state index in [1.165, 1.54) is 0 Å². The van der Waals surface area contributed by atoms with E-state index in [0.29, 0.717) is 17.5 Å². The van der Waals surface area contributed by atoms with Gasteiger partial charge in [-0.25, -0.2) is 9.98 Å². The summed E-state index contributed by atoms with van der Waals surface area (Å²) in [5, 5.41) is 9.19. The van der Waals surface area contributed by atoms with Crippen molar-refractivity contribution in [1.29, 1.82) is 0 Å². The zero-order chi connectivity index (χ0) is 29.0. The molecule has 2 aromatic rings. The third-order valence-electron chi connectivity index (χ3n) is 7.46. The molecule has 1 amide bonds. The van der Waals surface area contributed by atoms with E-state index in [-0.39, 0.29) is 16.8 Å². The number of anilines is 1. The fourth-order valence-corrected chi connectivity index (χ4v) is 5.35. The normalized spacial score (nSPS) is 21.8. The molecule has 1 aromatic heterocycles. The molecule has 12 heteroatoms. The van der Waals surface area contributed by atoms with Crippen LogP contribution in [0.15, 0.2) is 65.7 Å². The monoisotopic (exact) mass is 569 g/mol. The third-order valence-corrected chi connectivity index (χ3v) is 7.46. The lowest BCUT2D eigenvalue weighted by atomic mass is 9.86. The van der Waals surface area contributed by atoms with Gasteiger partial charge in [0.1, 0.15) is 17.4 Å². The molecular formula is C29H34F3N7O2. The molecule has 0 saturated carbocycles. The van der Waals surface area contributed by atoms with Gasteiger partial charge in [-0.2, -0.15) is 13.2 Å². The second kappa shape index (κ2) is 11.9. The van der Waals surface area contributed by atoms with Crippen LogP contribution in [0.5, 0.6) is 0 Å². The number of hydrogen-bond donors (Lipinski definition) is 4. The van der Waals surface area contributed by atoms with Crippen molar-refractivity contribution in [1.82, 2.24) is 20.5 Å². The number of likely N-dealkylation sites (tertiary alicyclic amines) is 1. The lowest BCUT2D eigenvalue weighted by Crippen LogP contribution is -2.51. The Morgan fingerprint density at radius 1 is 1.22 bits per heavy atom. The van der Waals surface area contributed by atoms with Crippen molar-refractivity contribution >= 4 is 23.3 Å². The molecule has 0 spiro atoms. The molecule has 5 N–H and O–H groups in total. The number of carbonyl (C=O) groups excluding carboxylic acids is 1. The molecule has 1 atom stereocenters. The predicted molar refractivity (Wildman–Crippen MR) is 151 cm³/mol. The molecule has 1 aromatic carbocycles. The number of nitrogens with one attached hydrogen (secondary N) is 3. The minimum absolute atomic E-state index is 0.180. The van der Waals surface area contributed by atoms with Crippen molar-refractivity contribution in [3.63, 3.8) is 0 Å². The maximum absolute atomic E-state index is 13.0. The van der Waals surface area contributed by atoms with E-state index in [2.05, 4.69) is 37.8 Å². The van der Waals surface area contributed by atoms with Gasteiger partial charge in [-0.3, -0.25) is 4.79 Å². The molecule has 9 nitrogen and oxygen atoms in total. The molecule has 0 aliphatic carbocycles. The van der Waals surface area contributed by atoms with Crippen molar-refractivity contribution in [3.8, 4) is 0 Å². The van der Waals surface area contributed by atoms with Gasteiger partial charge in [0.15, 0.2) is 0 Å². The zero-order valence-electron chi connectivity index (χ0n) is 22.8. The van der Waals surface area contributed by atoms with Gasteiger partial charge >= 0.3 is 6.18 Å². The Hall–Kier alpha value is -3.90. The molecule has 41 heavy (non-hydrogen) atoms. The van der Waals surface area contributed by atoms with Crippen molar-refractivity contribution in [2.45, 2.75) is 25.9 Å². The molecule has 2 fully saturated rings. The summed E-state index contributed by atoms with van der Waals surface area (Å²) in [7, 11) is 0. The highest BCUT2D eigenvalue weighted by molar-refractivity contribution is 6.05. The second-order valence-corrected chi connectivity index (χ2v) is 11.1. The van der Waals surface area contributed by atoms with Crippen LogP contribution in [0.3, 0.4) is 0 Å². The summed E-state index contributed by atoms with van der Waals surface area (Å²) in [5.41, 5.74) is 7.99. The number of hydrogen-bond acceptors (Lipinski definition) is 8. The zero-order valence-corrected chi connectivity index (χ0v) is 22.8. The molecule has 2 saturated heterocycles. The SMILES string of the molecule is CC1(CN2CCC[C@@H](CN/C(=C3\NC=CN=C3N)c3ccc(C(=O)Nc4cc(C(F)(F)F)ccn4)cc3)C2)COC1. The smallest absolute Gasteiger partial charge is 0.382 e. The summed E-state index contributed by atoms with van der Waals surface area (Å²) < 4.78 is 44.5. The number of rotatable bonds is 8. The van der Waals surface area contributed by atoms with E-state index in [0.717, 1.165) is 81.8 Å². The highest BCUT2D eigenvalue weighted by atomic mass is 19.4. The third kappa shape index (κ3) is 7.06. The lowest BCUT2D eigenvalue weighted by Gasteiger charge is -2.44. The first kappa shape index (κ1) is 28.6. The van der Waals surface area contributed by atoms with E-state index < -0.39 is 17.6 Å². The Balaban J connectivity index is 1.28. The molecule has 0 unspecified atom stereocenters. The number of pyridine rings is 1. The molecular weight excluding hydrogens is 535 g/mol. The first-order valence-electron chi connectivity index (χ1n) is 13.6. The van der Waals surface area contributed by atoms with Gasteiger partial charge in [-0.15, -0.1) is 0 Å². The van der Waals surface area contributed by atoms with Gasteiger partial charge in [0, 0.05) is 49.2 Å². The van der Waals surface area contributed by atoms with Crippen LogP contribution >= 0.6 is 0 Å². The Bertz CT molecular complexity index is 1350. The van der Waals surface area contributed by atoms with Gasteiger partial charge in [-0.1, -0.05) is 19.1 Å². The fourth-order valence-electron chi connectivity index (χ4n) is 5.35. The summed E-state index contributed by atoms with van der Waals surface area (Å²) in [4.78, 5) is 23.3. The van der Waals surface area contributed by atoms with Crippen molar-refractivity contribution in [3.05, 3.63) is 77.4 Å².